The molecule has 7 N–H and O–H groups in total. The summed E-state index contributed by atoms with van der Waals surface area (Å²) in [5.41, 5.74) is 0. The molecule has 32 heavy (non-hydrogen) atoms. The van der Waals surface area contributed by atoms with Gasteiger partial charge >= 0.3 is 42.0 Å². The average molecular weight is 573 g/mol. The summed E-state index contributed by atoms with van der Waals surface area (Å²) in [6, 6.07) is 0. The maximum Gasteiger partial charge on any atom is 0.328 e. The summed E-state index contributed by atoms with van der Waals surface area (Å²) in [7, 11) is -15.2. The van der Waals surface area contributed by atoms with Crippen LogP contribution >= 0.6 is 42.0 Å². The second kappa shape index (κ2) is 20.2. The first-order valence-corrected chi connectivity index (χ1v) is 14.5. The van der Waals surface area contributed by atoms with E-state index in [4.69, 9.17) is 38.8 Å². The van der Waals surface area contributed by atoms with Gasteiger partial charge in [-0.2, -0.15) is 0 Å². The molecule has 0 aliphatic rings. The standard InChI is InChI=1S/C9H28N3O15P5/c13-28(14)23-5-10(1-3-11(6-24-29(15)16)7-25-30(17)18)2-4-12(8-26-31(19)20)9-27-32(21)22/h13-16,30-32H,1-9H2,(H,17,18)(H,19,20)(H,21,22). The lowest BCUT2D eigenvalue weighted by Crippen LogP contribution is -2.42. The van der Waals surface area contributed by atoms with E-state index in [2.05, 4.69) is 18.1 Å². The lowest BCUT2D eigenvalue weighted by molar-refractivity contribution is 0.0149. The molecule has 0 heterocycles. The molecule has 0 rings (SSSR count). The van der Waals surface area contributed by atoms with E-state index in [0.717, 1.165) is 0 Å². The van der Waals surface area contributed by atoms with E-state index in [-0.39, 0.29) is 46.4 Å². The van der Waals surface area contributed by atoms with Crippen molar-refractivity contribution in [3.05, 3.63) is 0 Å². The molecule has 194 valence electrons. The lowest BCUT2D eigenvalue weighted by atomic mass is 10.4. The molecule has 3 atom stereocenters. The number of nitrogens with zero attached hydrogens (tertiary/aromatic N) is 3. The van der Waals surface area contributed by atoms with Crippen LogP contribution in [-0.2, 0) is 36.3 Å². The maximum absolute atomic E-state index is 10.8. The van der Waals surface area contributed by atoms with Gasteiger partial charge in [0.15, 0.2) is 0 Å². The summed E-state index contributed by atoms with van der Waals surface area (Å²) in [5, 5.41) is 0. The molecule has 0 saturated heterocycles. The van der Waals surface area contributed by atoms with E-state index in [1.54, 1.807) is 0 Å². The van der Waals surface area contributed by atoms with E-state index in [9.17, 15) is 13.7 Å². The van der Waals surface area contributed by atoms with Gasteiger partial charge in [-0.05, 0) is 0 Å². The predicted molar refractivity (Wildman–Crippen MR) is 111 cm³/mol. The average Bonchev–Trinajstić information content (AvgIpc) is 2.68. The Morgan fingerprint density at radius 3 is 1.12 bits per heavy atom. The van der Waals surface area contributed by atoms with Crippen LogP contribution < -0.4 is 0 Å². The van der Waals surface area contributed by atoms with E-state index in [1.165, 1.54) is 14.7 Å². The lowest BCUT2D eigenvalue weighted by Gasteiger charge is -2.29. The van der Waals surface area contributed by atoms with E-state index < -0.39 is 55.4 Å². The van der Waals surface area contributed by atoms with Gasteiger partial charge in [-0.1, -0.05) is 0 Å². The molecule has 0 aromatic rings. The minimum Gasteiger partial charge on any atom is -0.328 e. The highest BCUT2D eigenvalue weighted by atomic mass is 31.2. The third-order valence-corrected chi connectivity index (χ3v) is 5.11. The summed E-state index contributed by atoms with van der Waals surface area (Å²) in [6.07, 6.45) is 0. The first kappa shape index (κ1) is 33.0. The van der Waals surface area contributed by atoms with Crippen LogP contribution in [0.25, 0.3) is 0 Å². The highest BCUT2D eigenvalue weighted by Gasteiger charge is 2.16. The predicted octanol–water partition coefficient (Wildman–Crippen LogP) is -1.67. The van der Waals surface area contributed by atoms with Gasteiger partial charge in [0.1, 0.15) is 33.7 Å². The Labute approximate surface area is 187 Å². The molecule has 23 heteroatoms. The molecular weight excluding hydrogens is 545 g/mol. The van der Waals surface area contributed by atoms with Gasteiger partial charge in [-0.15, -0.1) is 0 Å². The molecule has 0 fully saturated rings. The van der Waals surface area contributed by atoms with Crippen LogP contribution in [0.1, 0.15) is 0 Å². The van der Waals surface area contributed by atoms with Crippen molar-refractivity contribution >= 4 is 42.0 Å². The van der Waals surface area contributed by atoms with Crippen LogP contribution in [0.2, 0.25) is 0 Å². The molecule has 0 aromatic carbocycles. The van der Waals surface area contributed by atoms with Crippen molar-refractivity contribution in [2.45, 2.75) is 0 Å². The quantitative estimate of drug-likeness (QED) is 0.0599. The second-order valence-electron chi connectivity index (χ2n) is 5.55. The van der Waals surface area contributed by atoms with Crippen molar-refractivity contribution in [2.24, 2.45) is 0 Å². The van der Waals surface area contributed by atoms with Crippen molar-refractivity contribution in [3.63, 3.8) is 0 Å². The molecule has 0 spiro atoms. The summed E-state index contributed by atoms with van der Waals surface area (Å²) >= 11 is 0. The minimum atomic E-state index is -3.27. The molecule has 0 aromatic heterocycles. The molecule has 0 amide bonds. The van der Waals surface area contributed by atoms with Crippen molar-refractivity contribution in [3.8, 4) is 0 Å². The third kappa shape index (κ3) is 21.5. The molecule has 3 unspecified atom stereocenters. The Balaban J connectivity index is 4.93. The molecule has 0 bridgehead atoms. The van der Waals surface area contributed by atoms with E-state index in [0.29, 0.717) is 0 Å². The summed E-state index contributed by atoms with van der Waals surface area (Å²) in [6.45, 7) is -1.51. The van der Waals surface area contributed by atoms with Gasteiger partial charge in [0, 0.05) is 26.2 Å². The Morgan fingerprint density at radius 2 is 0.812 bits per heavy atom. The normalized spacial score (nSPS) is 15.4. The van der Waals surface area contributed by atoms with Crippen molar-refractivity contribution in [2.75, 3.05) is 59.8 Å². The zero-order valence-electron chi connectivity index (χ0n) is 16.5. The second-order valence-corrected chi connectivity index (χ2v) is 9.54. The molecule has 0 radical (unpaired) electrons. The maximum atomic E-state index is 10.8. The van der Waals surface area contributed by atoms with Crippen molar-refractivity contribution in [1.82, 2.24) is 14.7 Å². The van der Waals surface area contributed by atoms with Gasteiger partial charge in [0.2, 0.25) is 0 Å². The topological polar surface area (TPSA) is 249 Å². The zero-order valence-corrected chi connectivity index (χ0v) is 21.3. The Kier molecular flexibility index (Phi) is 20.8. The van der Waals surface area contributed by atoms with E-state index in [1.807, 2.05) is 0 Å². The molecular formula is C9H28N3O15P5. The largest absolute Gasteiger partial charge is 0.328 e. The summed E-state index contributed by atoms with van der Waals surface area (Å²) < 4.78 is 55.5. The Hall–Kier alpha value is 0.950. The van der Waals surface area contributed by atoms with Gasteiger partial charge in [-0.25, -0.2) is 0 Å². The fraction of sp³-hybridized carbons (Fsp3) is 1.00. The minimum absolute atomic E-state index is 0.0539. The summed E-state index contributed by atoms with van der Waals surface area (Å²) in [5.74, 6) is 0. The number of hydrogen-bond acceptors (Lipinski definition) is 15. The fourth-order valence-corrected chi connectivity index (χ4v) is 3.26. The highest BCUT2D eigenvalue weighted by molar-refractivity contribution is 7.39. The van der Waals surface area contributed by atoms with Crippen LogP contribution in [0.15, 0.2) is 0 Å². The monoisotopic (exact) mass is 573 g/mol. The van der Waals surface area contributed by atoms with E-state index >= 15 is 0 Å². The SMILES string of the molecule is O=[PH](O)OCN(CCN(CCN(CO[PH](=O)O)CO[PH](=O)O)COP(O)O)COP(O)O. The van der Waals surface area contributed by atoms with Gasteiger partial charge in [-0.3, -0.25) is 51.0 Å². The number of hydrogen-bond donors (Lipinski definition) is 7. The third-order valence-electron chi connectivity index (χ3n) is 3.29. The molecule has 0 aliphatic carbocycles. The molecule has 0 saturated carbocycles. The first-order valence-electron chi connectivity index (χ1n) is 8.35. The van der Waals surface area contributed by atoms with Crippen molar-refractivity contribution < 1.29 is 70.6 Å². The van der Waals surface area contributed by atoms with Crippen molar-refractivity contribution in [1.29, 1.82) is 0 Å². The Bertz CT molecular complexity index is 545. The van der Waals surface area contributed by atoms with Crippen LogP contribution in [-0.4, -0.2) is 109 Å². The Morgan fingerprint density at radius 1 is 0.531 bits per heavy atom. The van der Waals surface area contributed by atoms with Gasteiger partial charge in [0.05, 0.1) is 0 Å². The number of rotatable bonds is 21. The van der Waals surface area contributed by atoms with Crippen LogP contribution in [0.3, 0.4) is 0 Å². The first-order chi connectivity index (χ1) is 15.0. The van der Waals surface area contributed by atoms with Gasteiger partial charge in [0.25, 0.3) is 0 Å². The zero-order chi connectivity index (χ0) is 24.5. The smallest absolute Gasteiger partial charge is 0.328 e. The van der Waals surface area contributed by atoms with Crippen LogP contribution in [0.4, 0.5) is 0 Å². The highest BCUT2D eigenvalue weighted by Crippen LogP contribution is 2.26. The fourth-order valence-electron chi connectivity index (χ4n) is 1.85. The molecule has 0 aliphatic heterocycles. The van der Waals surface area contributed by atoms with Crippen LogP contribution in [0.5, 0.6) is 0 Å². The van der Waals surface area contributed by atoms with Crippen LogP contribution in [0, 0.1) is 0 Å². The summed E-state index contributed by atoms with van der Waals surface area (Å²) in [4.78, 5) is 66.1. The van der Waals surface area contributed by atoms with Gasteiger partial charge < -0.3 is 34.3 Å². The molecule has 18 nitrogen and oxygen atoms in total.